The molecule has 1 atom stereocenters. The summed E-state index contributed by atoms with van der Waals surface area (Å²) in [4.78, 5) is 42.0. The molecule has 4 rings (SSSR count). The van der Waals surface area contributed by atoms with Crippen LogP contribution in [0.1, 0.15) is 0 Å². The molecule has 1 saturated heterocycles. The Labute approximate surface area is 159 Å². The third-order valence-electron chi connectivity index (χ3n) is 4.42. The molecule has 1 fully saturated rings. The van der Waals surface area contributed by atoms with Crippen molar-refractivity contribution in [2.24, 2.45) is 10.9 Å². The van der Waals surface area contributed by atoms with Gasteiger partial charge in [-0.05, 0) is 23.6 Å². The van der Waals surface area contributed by atoms with Crippen LogP contribution in [0.4, 0.5) is 20.6 Å². The number of benzene rings is 3. The van der Waals surface area contributed by atoms with Crippen LogP contribution >= 0.6 is 0 Å². The summed E-state index contributed by atoms with van der Waals surface area (Å²) in [5, 5.41) is 3.89. The fourth-order valence-electron chi connectivity index (χ4n) is 3.06. The highest BCUT2D eigenvalue weighted by atomic mass is 19.1. The molecule has 0 aliphatic carbocycles. The number of barbiturate groups is 1. The van der Waals surface area contributed by atoms with E-state index in [0.717, 1.165) is 16.8 Å². The highest BCUT2D eigenvalue weighted by molar-refractivity contribution is 6.32. The van der Waals surface area contributed by atoms with E-state index in [9.17, 15) is 18.8 Å². The highest BCUT2D eigenvalue weighted by Crippen LogP contribution is 2.27. The molecule has 3 aromatic carbocycles. The Kier molecular flexibility index (Phi) is 4.41. The monoisotopic (exact) mass is 375 g/mol. The van der Waals surface area contributed by atoms with Gasteiger partial charge in [0.15, 0.2) is 5.92 Å². The highest BCUT2D eigenvalue weighted by Gasteiger charge is 2.41. The first-order chi connectivity index (χ1) is 13.6. The summed E-state index contributed by atoms with van der Waals surface area (Å²) in [7, 11) is 0. The Bertz CT molecular complexity index is 1140. The number of fused-ring (bicyclic) bond motifs is 1. The molecule has 0 unspecified atom stereocenters. The molecule has 0 bridgehead atoms. The van der Waals surface area contributed by atoms with Crippen LogP contribution in [0.5, 0.6) is 0 Å². The molecule has 0 aromatic heterocycles. The number of carbonyl (C=O) groups is 3. The second-order valence-corrected chi connectivity index (χ2v) is 6.17. The molecule has 28 heavy (non-hydrogen) atoms. The number of nitrogens with zero attached hydrogens (tertiary/aromatic N) is 2. The van der Waals surface area contributed by atoms with Gasteiger partial charge in [0.25, 0.3) is 5.91 Å². The Morgan fingerprint density at radius 2 is 1.64 bits per heavy atom. The van der Waals surface area contributed by atoms with Crippen molar-refractivity contribution in [2.75, 3.05) is 4.90 Å². The lowest BCUT2D eigenvalue weighted by Crippen LogP contribution is -2.58. The lowest BCUT2D eigenvalue weighted by Gasteiger charge is -2.28. The van der Waals surface area contributed by atoms with Gasteiger partial charge in [-0.2, -0.15) is 0 Å². The second-order valence-electron chi connectivity index (χ2n) is 6.17. The first-order valence-corrected chi connectivity index (χ1v) is 8.51. The van der Waals surface area contributed by atoms with Gasteiger partial charge >= 0.3 is 6.03 Å². The van der Waals surface area contributed by atoms with Crippen LogP contribution < -0.4 is 10.2 Å². The van der Waals surface area contributed by atoms with E-state index < -0.39 is 29.6 Å². The number of nitrogens with one attached hydrogen (secondary N) is 1. The summed E-state index contributed by atoms with van der Waals surface area (Å²) in [6, 6.07) is 17.4. The summed E-state index contributed by atoms with van der Waals surface area (Å²) in [6.45, 7) is 0. The van der Waals surface area contributed by atoms with Gasteiger partial charge in [-0.25, -0.2) is 14.1 Å². The summed E-state index contributed by atoms with van der Waals surface area (Å²) in [5.41, 5.74) is 0.356. The molecule has 7 heteroatoms. The average Bonchev–Trinajstić information content (AvgIpc) is 2.69. The van der Waals surface area contributed by atoms with Crippen molar-refractivity contribution in [1.82, 2.24) is 5.32 Å². The first kappa shape index (κ1) is 17.5. The number of para-hydroxylation sites is 1. The minimum absolute atomic E-state index is 0.221. The van der Waals surface area contributed by atoms with Crippen LogP contribution in [0.15, 0.2) is 71.7 Å². The number of amides is 4. The molecule has 6 nitrogen and oxygen atoms in total. The lowest BCUT2D eigenvalue weighted by atomic mass is 10.1. The number of hydrogen-bond acceptors (Lipinski definition) is 4. The number of hydrogen-bond donors (Lipinski definition) is 1. The fraction of sp³-hybridized carbons (Fsp3) is 0.0476. The Hall–Kier alpha value is -3.87. The van der Waals surface area contributed by atoms with Gasteiger partial charge in [-0.15, -0.1) is 0 Å². The van der Waals surface area contributed by atoms with Gasteiger partial charge in [0.05, 0.1) is 11.4 Å². The largest absolute Gasteiger partial charge is 0.335 e. The van der Waals surface area contributed by atoms with E-state index in [0.29, 0.717) is 10.6 Å². The van der Waals surface area contributed by atoms with Crippen molar-refractivity contribution in [3.05, 3.63) is 72.5 Å². The van der Waals surface area contributed by atoms with Gasteiger partial charge in [-0.3, -0.25) is 19.9 Å². The van der Waals surface area contributed by atoms with Crippen molar-refractivity contribution < 1.29 is 18.8 Å². The lowest BCUT2D eigenvalue weighted by molar-refractivity contribution is -0.131. The number of carbonyl (C=O) groups excluding carboxylic acids is 3. The van der Waals surface area contributed by atoms with Crippen LogP contribution in [0, 0.1) is 11.7 Å². The van der Waals surface area contributed by atoms with Gasteiger partial charge in [-0.1, -0.05) is 48.5 Å². The number of halogens is 1. The first-order valence-electron chi connectivity index (χ1n) is 8.51. The van der Waals surface area contributed by atoms with E-state index in [2.05, 4.69) is 10.3 Å². The molecule has 0 spiro atoms. The van der Waals surface area contributed by atoms with Gasteiger partial charge < -0.3 is 0 Å². The minimum atomic E-state index is -1.35. The molecule has 0 saturated carbocycles. The zero-order valence-corrected chi connectivity index (χ0v) is 14.5. The summed E-state index contributed by atoms with van der Waals surface area (Å²) < 4.78 is 14.1. The zero-order chi connectivity index (χ0) is 19.7. The summed E-state index contributed by atoms with van der Waals surface area (Å²) in [5.74, 6) is -3.75. The Morgan fingerprint density at radius 3 is 2.46 bits per heavy atom. The van der Waals surface area contributed by atoms with Crippen molar-refractivity contribution in [3.8, 4) is 0 Å². The number of rotatable bonds is 3. The number of urea groups is 1. The average molecular weight is 375 g/mol. The van der Waals surface area contributed by atoms with E-state index in [1.807, 2.05) is 36.4 Å². The van der Waals surface area contributed by atoms with Crippen LogP contribution in [-0.4, -0.2) is 24.1 Å². The third-order valence-corrected chi connectivity index (χ3v) is 4.42. The van der Waals surface area contributed by atoms with Crippen LogP contribution in [0.2, 0.25) is 0 Å². The summed E-state index contributed by atoms with van der Waals surface area (Å²) >= 11 is 0. The smallest absolute Gasteiger partial charge is 0.276 e. The van der Waals surface area contributed by atoms with E-state index in [1.165, 1.54) is 24.4 Å². The van der Waals surface area contributed by atoms with Gasteiger partial charge in [0.2, 0.25) is 5.91 Å². The van der Waals surface area contributed by atoms with Crippen LogP contribution in [0.3, 0.4) is 0 Å². The van der Waals surface area contributed by atoms with E-state index in [1.54, 1.807) is 6.07 Å². The maximum atomic E-state index is 14.1. The van der Waals surface area contributed by atoms with E-state index >= 15 is 0 Å². The number of aliphatic imine (C=N–C) groups is 1. The Morgan fingerprint density at radius 1 is 0.929 bits per heavy atom. The fourth-order valence-corrected chi connectivity index (χ4v) is 3.06. The number of anilines is 1. The van der Waals surface area contributed by atoms with Crippen molar-refractivity contribution >= 4 is 46.2 Å². The minimum Gasteiger partial charge on any atom is -0.276 e. The molecule has 3 aromatic rings. The van der Waals surface area contributed by atoms with Crippen molar-refractivity contribution in [1.29, 1.82) is 0 Å². The van der Waals surface area contributed by atoms with Gasteiger partial charge in [0.1, 0.15) is 5.82 Å². The SMILES string of the molecule is O=C1NC(=O)N(c2ccccc2F)C(=O)[C@@H]1C=Nc1cccc2ccccc12. The molecular weight excluding hydrogens is 361 g/mol. The Balaban J connectivity index is 1.70. The number of imide groups is 2. The molecule has 138 valence electrons. The molecule has 1 heterocycles. The molecule has 0 radical (unpaired) electrons. The van der Waals surface area contributed by atoms with E-state index in [-0.39, 0.29) is 5.69 Å². The predicted octanol–water partition coefficient (Wildman–Crippen LogP) is 3.58. The maximum Gasteiger partial charge on any atom is 0.335 e. The molecule has 1 N–H and O–H groups in total. The van der Waals surface area contributed by atoms with Crippen molar-refractivity contribution in [3.63, 3.8) is 0 Å². The zero-order valence-electron chi connectivity index (χ0n) is 14.5. The summed E-state index contributed by atoms with van der Waals surface area (Å²) in [6.07, 6.45) is 1.18. The molecule has 4 amide bonds. The quantitative estimate of drug-likeness (QED) is 0.561. The molecule has 1 aliphatic rings. The third kappa shape index (κ3) is 3.03. The molecular formula is C21H14FN3O3. The topological polar surface area (TPSA) is 78.8 Å². The van der Waals surface area contributed by atoms with Crippen LogP contribution in [-0.2, 0) is 9.59 Å². The molecule has 1 aliphatic heterocycles. The van der Waals surface area contributed by atoms with Gasteiger partial charge in [0, 0.05) is 11.6 Å². The van der Waals surface area contributed by atoms with E-state index in [4.69, 9.17) is 0 Å². The maximum absolute atomic E-state index is 14.1. The second kappa shape index (κ2) is 7.03. The van der Waals surface area contributed by atoms with Crippen molar-refractivity contribution in [2.45, 2.75) is 0 Å². The standard InChI is InChI=1S/C21H14FN3O3/c22-16-9-3-4-11-18(16)25-20(27)15(19(26)24-21(25)28)12-23-17-10-5-7-13-6-1-2-8-14(13)17/h1-12,15H,(H,24,26,28)/t15-/m1/s1. The van der Waals surface area contributed by atoms with Crippen LogP contribution in [0.25, 0.3) is 10.8 Å². The predicted molar refractivity (Wildman–Crippen MR) is 103 cm³/mol. The normalized spacial score (nSPS) is 17.4.